The fourth-order valence-corrected chi connectivity index (χ4v) is 4.60. The molecule has 140 valence electrons. The lowest BCUT2D eigenvalue weighted by Crippen LogP contribution is -2.38. The number of carbonyl (C=O) groups is 1. The van der Waals surface area contributed by atoms with Gasteiger partial charge in [0.05, 0.1) is 18.4 Å². The highest BCUT2D eigenvalue weighted by Gasteiger charge is 2.27. The second-order valence-electron chi connectivity index (χ2n) is 6.50. The molecule has 0 N–H and O–H groups in total. The fourth-order valence-electron chi connectivity index (χ4n) is 3.06. The van der Waals surface area contributed by atoms with Crippen LogP contribution in [0.5, 0.6) is 5.75 Å². The summed E-state index contributed by atoms with van der Waals surface area (Å²) in [5.41, 5.74) is 2.64. The summed E-state index contributed by atoms with van der Waals surface area (Å²) in [7, 11) is -1.67. The van der Waals surface area contributed by atoms with Crippen LogP contribution in [0.15, 0.2) is 12.1 Å². The van der Waals surface area contributed by atoms with Gasteiger partial charge in [0, 0.05) is 26.2 Å². The first-order valence-electron chi connectivity index (χ1n) is 8.72. The molecule has 0 radical (unpaired) electrons. The Balaban J connectivity index is 2.18. The third-order valence-corrected chi connectivity index (χ3v) is 6.72. The molecule has 1 saturated heterocycles. The number of aryl methyl sites for hydroxylation is 2. The molecule has 0 spiro atoms. The van der Waals surface area contributed by atoms with E-state index in [9.17, 15) is 13.2 Å². The molecule has 0 saturated carbocycles. The first-order chi connectivity index (χ1) is 11.8. The third kappa shape index (κ3) is 4.52. The Labute approximate surface area is 150 Å². The topological polar surface area (TPSA) is 66.9 Å². The van der Waals surface area contributed by atoms with Crippen LogP contribution < -0.4 is 4.74 Å². The van der Waals surface area contributed by atoms with Crippen LogP contribution in [0, 0.1) is 13.8 Å². The van der Waals surface area contributed by atoms with Crippen molar-refractivity contribution in [3.05, 3.63) is 28.8 Å². The molecule has 7 heteroatoms. The molecule has 0 aromatic heterocycles. The van der Waals surface area contributed by atoms with Crippen molar-refractivity contribution in [2.75, 3.05) is 39.0 Å². The van der Waals surface area contributed by atoms with Crippen LogP contribution in [0.4, 0.5) is 0 Å². The molecular formula is C18H28N2O4S. The molecule has 1 amide bonds. The normalized spacial score (nSPS) is 16.6. The van der Waals surface area contributed by atoms with Gasteiger partial charge in [-0.15, -0.1) is 0 Å². The van der Waals surface area contributed by atoms with Gasteiger partial charge < -0.3 is 9.64 Å². The number of methoxy groups -OCH3 is 1. The van der Waals surface area contributed by atoms with Gasteiger partial charge in [-0.2, -0.15) is 0 Å². The lowest BCUT2D eigenvalue weighted by Gasteiger charge is -2.23. The Bertz CT molecular complexity index is 731. The largest absolute Gasteiger partial charge is 0.496 e. The molecule has 1 aliphatic heterocycles. The Morgan fingerprint density at radius 2 is 1.80 bits per heavy atom. The number of amides is 1. The zero-order chi connectivity index (χ0) is 18.6. The van der Waals surface area contributed by atoms with E-state index in [0.29, 0.717) is 50.3 Å². The van der Waals surface area contributed by atoms with E-state index in [4.69, 9.17) is 4.74 Å². The number of ether oxygens (including phenoxy) is 1. The molecule has 1 aromatic rings. The summed E-state index contributed by atoms with van der Waals surface area (Å²) < 4.78 is 31.4. The van der Waals surface area contributed by atoms with Crippen LogP contribution >= 0.6 is 0 Å². The zero-order valence-electron chi connectivity index (χ0n) is 15.5. The van der Waals surface area contributed by atoms with Crippen LogP contribution in [-0.4, -0.2) is 62.6 Å². The number of benzene rings is 1. The standard InChI is InChI=1S/C18H28N2O4S/c1-5-11-25(22,23)20-8-6-7-19(9-10-20)18(21)16-12-14(2)15(3)13-17(16)24-4/h12-13H,5-11H2,1-4H3. The third-order valence-electron chi connectivity index (χ3n) is 4.64. The van der Waals surface area contributed by atoms with E-state index in [-0.39, 0.29) is 11.7 Å². The maximum Gasteiger partial charge on any atom is 0.257 e. The lowest BCUT2D eigenvalue weighted by atomic mass is 10.0. The minimum Gasteiger partial charge on any atom is -0.496 e. The van der Waals surface area contributed by atoms with Crippen LogP contribution in [0.3, 0.4) is 0 Å². The summed E-state index contributed by atoms with van der Waals surface area (Å²) in [5.74, 6) is 0.619. The number of sulfonamides is 1. The van der Waals surface area contributed by atoms with Gasteiger partial charge in [0.15, 0.2) is 0 Å². The van der Waals surface area contributed by atoms with E-state index in [1.807, 2.05) is 32.9 Å². The van der Waals surface area contributed by atoms with Crippen LogP contribution in [0.1, 0.15) is 41.3 Å². The van der Waals surface area contributed by atoms with E-state index in [2.05, 4.69) is 0 Å². The highest BCUT2D eigenvalue weighted by Crippen LogP contribution is 2.25. The van der Waals surface area contributed by atoms with E-state index in [1.54, 1.807) is 12.0 Å². The molecule has 1 heterocycles. The van der Waals surface area contributed by atoms with E-state index in [0.717, 1.165) is 11.1 Å². The predicted octanol–water partition coefficient (Wildman–Crippen LogP) is 2.20. The average molecular weight is 368 g/mol. The van der Waals surface area contributed by atoms with Crippen molar-refractivity contribution in [1.82, 2.24) is 9.21 Å². The number of hydrogen-bond acceptors (Lipinski definition) is 4. The Morgan fingerprint density at radius 1 is 1.12 bits per heavy atom. The number of carbonyl (C=O) groups excluding carboxylic acids is 1. The van der Waals surface area contributed by atoms with Gasteiger partial charge in [-0.25, -0.2) is 12.7 Å². The van der Waals surface area contributed by atoms with Gasteiger partial charge in [0.1, 0.15) is 5.75 Å². The van der Waals surface area contributed by atoms with Gasteiger partial charge in [-0.3, -0.25) is 4.79 Å². The van der Waals surface area contributed by atoms with Gasteiger partial charge in [0.2, 0.25) is 10.0 Å². The SMILES string of the molecule is CCCS(=O)(=O)N1CCCN(C(=O)c2cc(C)c(C)cc2OC)CC1. The summed E-state index contributed by atoms with van der Waals surface area (Å²) in [6, 6.07) is 3.73. The quantitative estimate of drug-likeness (QED) is 0.799. The summed E-state index contributed by atoms with van der Waals surface area (Å²) in [6.07, 6.45) is 1.24. The fraction of sp³-hybridized carbons (Fsp3) is 0.611. The molecule has 0 bridgehead atoms. The molecule has 0 unspecified atom stereocenters. The van der Waals surface area contributed by atoms with Crippen LogP contribution in [0.25, 0.3) is 0 Å². The zero-order valence-corrected chi connectivity index (χ0v) is 16.4. The van der Waals surface area contributed by atoms with Gasteiger partial charge >= 0.3 is 0 Å². The van der Waals surface area contributed by atoms with Crippen molar-refractivity contribution in [3.63, 3.8) is 0 Å². The van der Waals surface area contributed by atoms with E-state index >= 15 is 0 Å². The number of rotatable bonds is 5. The Hall–Kier alpha value is -1.60. The van der Waals surface area contributed by atoms with Gasteiger partial charge in [-0.1, -0.05) is 6.92 Å². The molecule has 1 aromatic carbocycles. The van der Waals surface area contributed by atoms with Crippen molar-refractivity contribution >= 4 is 15.9 Å². The lowest BCUT2D eigenvalue weighted by molar-refractivity contribution is 0.0760. The summed E-state index contributed by atoms with van der Waals surface area (Å²) in [4.78, 5) is 14.7. The Kier molecular flexibility index (Phi) is 6.46. The highest BCUT2D eigenvalue weighted by atomic mass is 32.2. The van der Waals surface area contributed by atoms with Crippen LogP contribution in [0.2, 0.25) is 0 Å². The van der Waals surface area contributed by atoms with Crippen molar-refractivity contribution in [2.24, 2.45) is 0 Å². The molecule has 1 aliphatic rings. The second-order valence-corrected chi connectivity index (χ2v) is 8.59. The summed E-state index contributed by atoms with van der Waals surface area (Å²) >= 11 is 0. The minimum absolute atomic E-state index is 0.102. The van der Waals surface area contributed by atoms with Crippen molar-refractivity contribution < 1.29 is 17.9 Å². The highest BCUT2D eigenvalue weighted by molar-refractivity contribution is 7.89. The minimum atomic E-state index is -3.22. The second kappa shape index (κ2) is 8.19. The molecule has 2 rings (SSSR count). The molecular weight excluding hydrogens is 340 g/mol. The maximum absolute atomic E-state index is 13.0. The first-order valence-corrected chi connectivity index (χ1v) is 10.3. The van der Waals surface area contributed by atoms with Crippen LogP contribution in [-0.2, 0) is 10.0 Å². The van der Waals surface area contributed by atoms with Gasteiger partial charge in [-0.05, 0) is 49.9 Å². The molecule has 0 aliphatic carbocycles. The average Bonchev–Trinajstić information content (AvgIpc) is 2.83. The van der Waals surface area contributed by atoms with E-state index < -0.39 is 10.0 Å². The van der Waals surface area contributed by atoms with Crippen molar-refractivity contribution in [1.29, 1.82) is 0 Å². The Morgan fingerprint density at radius 3 is 2.44 bits per heavy atom. The number of hydrogen-bond donors (Lipinski definition) is 0. The smallest absolute Gasteiger partial charge is 0.257 e. The molecule has 25 heavy (non-hydrogen) atoms. The number of nitrogens with zero attached hydrogens (tertiary/aromatic N) is 2. The molecule has 1 fully saturated rings. The van der Waals surface area contributed by atoms with Gasteiger partial charge in [0.25, 0.3) is 5.91 Å². The van der Waals surface area contributed by atoms with Crippen molar-refractivity contribution in [2.45, 2.75) is 33.6 Å². The van der Waals surface area contributed by atoms with E-state index in [1.165, 1.54) is 4.31 Å². The predicted molar refractivity (Wildman–Crippen MR) is 98.6 cm³/mol. The monoisotopic (exact) mass is 368 g/mol. The molecule has 6 nitrogen and oxygen atoms in total. The maximum atomic E-state index is 13.0. The summed E-state index contributed by atoms with van der Waals surface area (Å²) in [5, 5.41) is 0. The van der Waals surface area contributed by atoms with Crippen molar-refractivity contribution in [3.8, 4) is 5.75 Å². The first kappa shape index (κ1) is 19.7. The summed E-state index contributed by atoms with van der Waals surface area (Å²) in [6.45, 7) is 7.57. The molecule has 0 atom stereocenters.